The average Bonchev–Trinajstić information content (AvgIpc) is 2.36. The molecular formula is C15H23NO3. The van der Waals surface area contributed by atoms with Crippen LogP contribution in [0.2, 0.25) is 0 Å². The summed E-state index contributed by atoms with van der Waals surface area (Å²) in [5.74, 6) is -0.860. The van der Waals surface area contributed by atoms with Crippen LogP contribution in [0, 0.1) is 6.92 Å². The number of carbonyl (C=O) groups is 1. The first-order valence-corrected chi connectivity index (χ1v) is 6.61. The highest BCUT2D eigenvalue weighted by Gasteiger charge is 2.10. The van der Waals surface area contributed by atoms with E-state index in [1.54, 1.807) is 0 Å². The molecule has 106 valence electrons. The summed E-state index contributed by atoms with van der Waals surface area (Å²) < 4.78 is 0. The molecule has 4 nitrogen and oxygen atoms in total. The highest BCUT2D eigenvalue weighted by atomic mass is 16.4. The van der Waals surface area contributed by atoms with Gasteiger partial charge in [0.2, 0.25) is 0 Å². The predicted molar refractivity (Wildman–Crippen MR) is 75.3 cm³/mol. The Hall–Kier alpha value is -1.39. The summed E-state index contributed by atoms with van der Waals surface area (Å²) in [6.45, 7) is 3.43. The van der Waals surface area contributed by atoms with Crippen molar-refractivity contribution in [2.45, 2.75) is 32.3 Å². The maximum atomic E-state index is 10.4. The number of hydrogen-bond donors (Lipinski definition) is 2. The Morgan fingerprint density at radius 3 is 2.53 bits per heavy atom. The van der Waals surface area contributed by atoms with Crippen LogP contribution in [-0.4, -0.2) is 47.3 Å². The molecule has 2 N–H and O–H groups in total. The van der Waals surface area contributed by atoms with Gasteiger partial charge in [0.05, 0.1) is 6.10 Å². The quantitative estimate of drug-likeness (QED) is 0.751. The molecule has 1 unspecified atom stereocenters. The number of carboxylic acid groups (broad SMARTS) is 1. The molecule has 0 aliphatic rings. The summed E-state index contributed by atoms with van der Waals surface area (Å²) in [6, 6.07) is 8.42. The van der Waals surface area contributed by atoms with Crippen LogP contribution in [0.5, 0.6) is 0 Å². The Kier molecular flexibility index (Phi) is 6.53. The lowest BCUT2D eigenvalue weighted by molar-refractivity contribution is -0.137. The maximum Gasteiger partial charge on any atom is 0.303 e. The van der Waals surface area contributed by atoms with E-state index in [-0.39, 0.29) is 6.42 Å². The standard InChI is InChI=1S/C15H23NO3/c1-12-3-5-13(6-4-12)9-10-16(2)11-14(17)7-8-15(18)19/h3-6,14,17H,7-11H2,1-2H3,(H,18,19). The zero-order chi connectivity index (χ0) is 14.3. The van der Waals surface area contributed by atoms with Gasteiger partial charge < -0.3 is 15.1 Å². The zero-order valence-electron chi connectivity index (χ0n) is 11.7. The lowest BCUT2D eigenvalue weighted by Crippen LogP contribution is -2.31. The molecule has 0 saturated heterocycles. The van der Waals surface area contributed by atoms with Gasteiger partial charge in [-0.2, -0.15) is 0 Å². The molecule has 1 aromatic rings. The van der Waals surface area contributed by atoms with E-state index in [2.05, 4.69) is 31.2 Å². The van der Waals surface area contributed by atoms with Gasteiger partial charge in [-0.25, -0.2) is 0 Å². The molecule has 19 heavy (non-hydrogen) atoms. The number of aliphatic carboxylic acids is 1. The minimum atomic E-state index is -0.860. The molecular weight excluding hydrogens is 242 g/mol. The molecule has 1 aromatic carbocycles. The fourth-order valence-electron chi connectivity index (χ4n) is 1.91. The molecule has 0 spiro atoms. The van der Waals surface area contributed by atoms with Gasteiger partial charge in [0.15, 0.2) is 0 Å². The van der Waals surface area contributed by atoms with E-state index in [0.717, 1.165) is 13.0 Å². The second-order valence-corrected chi connectivity index (χ2v) is 5.08. The Balaban J connectivity index is 2.25. The van der Waals surface area contributed by atoms with Crippen LogP contribution in [0.15, 0.2) is 24.3 Å². The molecule has 0 saturated carbocycles. The first kappa shape index (κ1) is 15.7. The number of benzene rings is 1. The van der Waals surface area contributed by atoms with Gasteiger partial charge in [0, 0.05) is 19.5 Å². The normalized spacial score (nSPS) is 12.6. The summed E-state index contributed by atoms with van der Waals surface area (Å²) >= 11 is 0. The minimum absolute atomic E-state index is 0.0208. The predicted octanol–water partition coefficient (Wildman–Crippen LogP) is 1.70. The van der Waals surface area contributed by atoms with E-state index in [1.165, 1.54) is 11.1 Å². The van der Waals surface area contributed by atoms with E-state index in [1.807, 2.05) is 11.9 Å². The highest BCUT2D eigenvalue weighted by Crippen LogP contribution is 2.05. The number of hydrogen-bond acceptors (Lipinski definition) is 3. The van der Waals surface area contributed by atoms with Crippen molar-refractivity contribution in [2.24, 2.45) is 0 Å². The molecule has 0 amide bonds. The number of aliphatic hydroxyl groups is 1. The molecule has 4 heteroatoms. The van der Waals surface area contributed by atoms with E-state index < -0.39 is 12.1 Å². The number of nitrogens with zero attached hydrogens (tertiary/aromatic N) is 1. The molecule has 1 atom stereocenters. The molecule has 0 fully saturated rings. The molecule has 0 aliphatic carbocycles. The van der Waals surface area contributed by atoms with Gasteiger partial charge in [-0.15, -0.1) is 0 Å². The van der Waals surface area contributed by atoms with Gasteiger partial charge >= 0.3 is 5.97 Å². The van der Waals surface area contributed by atoms with Crippen molar-refractivity contribution >= 4 is 5.97 Å². The Bertz CT molecular complexity index is 389. The van der Waals surface area contributed by atoms with Gasteiger partial charge in [-0.3, -0.25) is 4.79 Å². The summed E-state index contributed by atoms with van der Waals surface area (Å²) in [4.78, 5) is 12.4. The topological polar surface area (TPSA) is 60.8 Å². The summed E-state index contributed by atoms with van der Waals surface area (Å²) in [5.41, 5.74) is 2.53. The highest BCUT2D eigenvalue weighted by molar-refractivity contribution is 5.66. The third-order valence-corrected chi connectivity index (χ3v) is 3.12. The van der Waals surface area contributed by atoms with Crippen molar-refractivity contribution < 1.29 is 15.0 Å². The fraction of sp³-hybridized carbons (Fsp3) is 0.533. The van der Waals surface area contributed by atoms with Crippen LogP contribution < -0.4 is 0 Å². The molecule has 1 rings (SSSR count). The second kappa shape index (κ2) is 7.92. The van der Waals surface area contributed by atoms with Crippen molar-refractivity contribution in [3.8, 4) is 0 Å². The number of aryl methyl sites for hydroxylation is 1. The zero-order valence-corrected chi connectivity index (χ0v) is 11.7. The minimum Gasteiger partial charge on any atom is -0.481 e. The van der Waals surface area contributed by atoms with Gasteiger partial charge in [0.1, 0.15) is 0 Å². The lowest BCUT2D eigenvalue weighted by Gasteiger charge is -2.20. The largest absolute Gasteiger partial charge is 0.481 e. The van der Waals surface area contributed by atoms with Crippen LogP contribution in [-0.2, 0) is 11.2 Å². The van der Waals surface area contributed by atoms with Crippen LogP contribution in [0.4, 0.5) is 0 Å². The molecule has 0 aliphatic heterocycles. The van der Waals surface area contributed by atoms with E-state index in [4.69, 9.17) is 5.11 Å². The maximum absolute atomic E-state index is 10.4. The SMILES string of the molecule is Cc1ccc(CCN(C)CC(O)CCC(=O)O)cc1. The lowest BCUT2D eigenvalue weighted by atomic mass is 10.1. The molecule has 0 bridgehead atoms. The van der Waals surface area contributed by atoms with Gasteiger partial charge in [-0.1, -0.05) is 29.8 Å². The first-order chi connectivity index (χ1) is 8.97. The van der Waals surface area contributed by atoms with Gasteiger partial charge in [0.25, 0.3) is 0 Å². The van der Waals surface area contributed by atoms with Crippen molar-refractivity contribution in [2.75, 3.05) is 20.1 Å². The summed E-state index contributed by atoms with van der Waals surface area (Å²) in [5, 5.41) is 18.2. The van der Waals surface area contributed by atoms with Crippen molar-refractivity contribution in [3.05, 3.63) is 35.4 Å². The van der Waals surface area contributed by atoms with E-state index in [0.29, 0.717) is 13.0 Å². The molecule has 0 heterocycles. The number of likely N-dealkylation sites (N-methyl/N-ethyl adjacent to an activating group) is 1. The van der Waals surface area contributed by atoms with E-state index >= 15 is 0 Å². The van der Waals surface area contributed by atoms with Crippen molar-refractivity contribution in [3.63, 3.8) is 0 Å². The van der Waals surface area contributed by atoms with Crippen LogP contribution in [0.3, 0.4) is 0 Å². The number of rotatable bonds is 8. The molecule has 0 radical (unpaired) electrons. The first-order valence-electron chi connectivity index (χ1n) is 6.61. The van der Waals surface area contributed by atoms with Crippen LogP contribution in [0.25, 0.3) is 0 Å². The molecule has 0 aromatic heterocycles. The average molecular weight is 265 g/mol. The van der Waals surface area contributed by atoms with E-state index in [9.17, 15) is 9.90 Å². The Morgan fingerprint density at radius 1 is 1.32 bits per heavy atom. The van der Waals surface area contributed by atoms with Crippen molar-refractivity contribution in [1.82, 2.24) is 4.90 Å². The van der Waals surface area contributed by atoms with Crippen molar-refractivity contribution in [1.29, 1.82) is 0 Å². The summed E-state index contributed by atoms with van der Waals surface area (Å²) in [6.07, 6.45) is 0.693. The van der Waals surface area contributed by atoms with Crippen LogP contribution >= 0.6 is 0 Å². The monoisotopic (exact) mass is 265 g/mol. The summed E-state index contributed by atoms with van der Waals surface area (Å²) in [7, 11) is 1.94. The van der Waals surface area contributed by atoms with Gasteiger partial charge in [-0.05, 0) is 32.4 Å². The number of carboxylic acids is 1. The second-order valence-electron chi connectivity index (χ2n) is 5.08. The smallest absolute Gasteiger partial charge is 0.303 e. The Morgan fingerprint density at radius 2 is 1.95 bits per heavy atom. The number of aliphatic hydroxyl groups excluding tert-OH is 1. The van der Waals surface area contributed by atoms with Crippen LogP contribution in [0.1, 0.15) is 24.0 Å². The Labute approximate surface area is 114 Å². The fourth-order valence-corrected chi connectivity index (χ4v) is 1.91. The third-order valence-electron chi connectivity index (χ3n) is 3.12. The third kappa shape index (κ3) is 6.94.